The van der Waals surface area contributed by atoms with Gasteiger partial charge in [0.25, 0.3) is 0 Å². The fourth-order valence-corrected chi connectivity index (χ4v) is 3.45. The molecule has 0 spiro atoms. The van der Waals surface area contributed by atoms with E-state index in [1.165, 1.54) is 44.9 Å². The third kappa shape index (κ3) is 2.78. The zero-order valence-corrected chi connectivity index (χ0v) is 11.5. The highest BCUT2D eigenvalue weighted by Crippen LogP contribution is 2.38. The fourth-order valence-electron chi connectivity index (χ4n) is 3.45. The highest BCUT2D eigenvalue weighted by molar-refractivity contribution is 5.01. The van der Waals surface area contributed by atoms with E-state index in [-0.39, 0.29) is 0 Å². The van der Waals surface area contributed by atoms with E-state index < -0.39 is 0 Å². The second-order valence-corrected chi connectivity index (χ2v) is 5.23. The van der Waals surface area contributed by atoms with Gasteiger partial charge in [-0.15, -0.1) is 0 Å². The van der Waals surface area contributed by atoms with Gasteiger partial charge in [0.2, 0.25) is 0 Å². The Balaban J connectivity index is 2.70. The van der Waals surface area contributed by atoms with Crippen molar-refractivity contribution in [2.45, 2.75) is 77.3 Å². The number of hydrogen-bond donors (Lipinski definition) is 1. The van der Waals surface area contributed by atoms with Crippen molar-refractivity contribution in [3.8, 4) is 0 Å². The van der Waals surface area contributed by atoms with E-state index >= 15 is 0 Å². The Morgan fingerprint density at radius 2 is 1.69 bits per heavy atom. The molecule has 16 heavy (non-hydrogen) atoms. The summed E-state index contributed by atoms with van der Waals surface area (Å²) >= 11 is 0. The minimum absolute atomic E-state index is 0.332. The van der Waals surface area contributed by atoms with Crippen LogP contribution >= 0.6 is 0 Å². The summed E-state index contributed by atoms with van der Waals surface area (Å²) in [5.74, 6) is 0. The molecule has 1 aliphatic carbocycles. The number of nitrogens with two attached hydrogens (primary N) is 1. The molecule has 2 nitrogen and oxygen atoms in total. The fraction of sp³-hybridized carbons (Fsp3) is 1.00. The summed E-state index contributed by atoms with van der Waals surface area (Å²) in [6.07, 6.45) is 9.13. The zero-order chi connectivity index (χ0) is 12.0. The van der Waals surface area contributed by atoms with Crippen LogP contribution in [0.2, 0.25) is 0 Å². The molecule has 0 aromatic heterocycles. The highest BCUT2D eigenvalue weighted by Gasteiger charge is 2.42. The molecule has 0 radical (unpaired) electrons. The molecule has 1 unspecified atom stereocenters. The van der Waals surface area contributed by atoms with Crippen LogP contribution in [0.25, 0.3) is 0 Å². The molecular formula is C14H30N2. The van der Waals surface area contributed by atoms with Crippen LogP contribution in [0.4, 0.5) is 0 Å². The smallest absolute Gasteiger partial charge is 0.0360 e. The summed E-state index contributed by atoms with van der Waals surface area (Å²) in [6.45, 7) is 9.10. The van der Waals surface area contributed by atoms with Gasteiger partial charge in [-0.25, -0.2) is 0 Å². The second kappa shape index (κ2) is 6.61. The van der Waals surface area contributed by atoms with Crippen LogP contribution in [-0.4, -0.2) is 29.6 Å². The molecule has 96 valence electrons. The summed E-state index contributed by atoms with van der Waals surface area (Å²) in [5, 5.41) is 0. The minimum Gasteiger partial charge on any atom is -0.326 e. The molecule has 0 aromatic rings. The third-order valence-electron chi connectivity index (χ3n) is 4.42. The van der Waals surface area contributed by atoms with E-state index in [1.54, 1.807) is 0 Å². The molecule has 0 saturated heterocycles. The molecule has 1 atom stereocenters. The predicted molar refractivity (Wildman–Crippen MR) is 71.6 cm³/mol. The molecule has 0 bridgehead atoms. The van der Waals surface area contributed by atoms with Gasteiger partial charge in [-0.05, 0) is 32.4 Å². The number of hydrogen-bond acceptors (Lipinski definition) is 2. The largest absolute Gasteiger partial charge is 0.326 e. The summed E-state index contributed by atoms with van der Waals surface area (Å²) in [5.41, 5.74) is 6.84. The number of nitrogens with zero attached hydrogens (tertiary/aromatic N) is 1. The van der Waals surface area contributed by atoms with Crippen molar-refractivity contribution in [2.75, 3.05) is 13.1 Å². The van der Waals surface area contributed by atoms with Crippen molar-refractivity contribution in [1.82, 2.24) is 4.90 Å². The van der Waals surface area contributed by atoms with Gasteiger partial charge in [0, 0.05) is 11.6 Å². The maximum absolute atomic E-state index is 6.51. The van der Waals surface area contributed by atoms with Gasteiger partial charge in [0.05, 0.1) is 0 Å². The monoisotopic (exact) mass is 226 g/mol. The van der Waals surface area contributed by atoms with E-state index in [0.29, 0.717) is 11.6 Å². The van der Waals surface area contributed by atoms with E-state index in [4.69, 9.17) is 5.73 Å². The van der Waals surface area contributed by atoms with Crippen LogP contribution in [-0.2, 0) is 0 Å². The molecule has 0 aromatic carbocycles. The maximum atomic E-state index is 6.51. The molecule has 1 rings (SSSR count). The standard InChI is InChI=1S/C14H30N2/c1-4-7-10-13(15)14(11-8-9-12-14)16(5-2)6-3/h13H,4-12,15H2,1-3H3. The molecule has 0 amide bonds. The average molecular weight is 226 g/mol. The van der Waals surface area contributed by atoms with Crippen LogP contribution in [0.3, 0.4) is 0 Å². The Labute approximate surface area is 102 Å². The molecule has 1 fully saturated rings. The summed E-state index contributed by atoms with van der Waals surface area (Å²) < 4.78 is 0. The maximum Gasteiger partial charge on any atom is 0.0360 e. The molecule has 2 heteroatoms. The Bertz CT molecular complexity index is 181. The van der Waals surface area contributed by atoms with Crippen LogP contribution in [0.15, 0.2) is 0 Å². The second-order valence-electron chi connectivity index (χ2n) is 5.23. The number of rotatable bonds is 7. The molecule has 2 N–H and O–H groups in total. The van der Waals surface area contributed by atoms with E-state index in [0.717, 1.165) is 13.1 Å². The Kier molecular flexibility index (Phi) is 5.77. The van der Waals surface area contributed by atoms with E-state index in [2.05, 4.69) is 25.7 Å². The van der Waals surface area contributed by atoms with Crippen molar-refractivity contribution in [3.05, 3.63) is 0 Å². The SMILES string of the molecule is CCCCC(N)C1(N(CC)CC)CCCC1. The van der Waals surface area contributed by atoms with Crippen LogP contribution in [0, 0.1) is 0 Å². The molecule has 1 saturated carbocycles. The average Bonchev–Trinajstić information content (AvgIpc) is 2.78. The first kappa shape index (κ1) is 14.0. The van der Waals surface area contributed by atoms with Gasteiger partial charge in [0.1, 0.15) is 0 Å². The lowest BCUT2D eigenvalue weighted by atomic mass is 9.83. The summed E-state index contributed by atoms with van der Waals surface area (Å²) in [7, 11) is 0. The lowest BCUT2D eigenvalue weighted by Gasteiger charge is -2.45. The normalized spacial score (nSPS) is 21.6. The zero-order valence-electron chi connectivity index (χ0n) is 11.5. The quantitative estimate of drug-likeness (QED) is 0.722. The number of unbranched alkanes of at least 4 members (excludes halogenated alkanes) is 1. The van der Waals surface area contributed by atoms with Gasteiger partial charge in [-0.3, -0.25) is 4.90 Å². The van der Waals surface area contributed by atoms with Crippen LogP contribution in [0.1, 0.15) is 65.7 Å². The first-order valence-corrected chi connectivity index (χ1v) is 7.21. The van der Waals surface area contributed by atoms with Gasteiger partial charge in [0.15, 0.2) is 0 Å². The van der Waals surface area contributed by atoms with Crippen LogP contribution < -0.4 is 5.73 Å². The highest BCUT2D eigenvalue weighted by atomic mass is 15.2. The predicted octanol–water partition coefficient (Wildman–Crippen LogP) is 3.16. The third-order valence-corrected chi connectivity index (χ3v) is 4.42. The van der Waals surface area contributed by atoms with Crippen molar-refractivity contribution in [2.24, 2.45) is 5.73 Å². The summed E-state index contributed by atoms with van der Waals surface area (Å²) in [4.78, 5) is 2.63. The topological polar surface area (TPSA) is 29.3 Å². The van der Waals surface area contributed by atoms with Crippen molar-refractivity contribution in [3.63, 3.8) is 0 Å². The van der Waals surface area contributed by atoms with Gasteiger partial charge < -0.3 is 5.73 Å². The van der Waals surface area contributed by atoms with Gasteiger partial charge in [-0.1, -0.05) is 46.5 Å². The van der Waals surface area contributed by atoms with Gasteiger partial charge in [-0.2, -0.15) is 0 Å². The van der Waals surface area contributed by atoms with E-state index in [9.17, 15) is 0 Å². The first-order chi connectivity index (χ1) is 7.71. The lowest BCUT2D eigenvalue weighted by molar-refractivity contribution is 0.0734. The lowest BCUT2D eigenvalue weighted by Crippen LogP contribution is -2.58. The minimum atomic E-state index is 0.332. The molecular weight excluding hydrogens is 196 g/mol. The number of likely N-dealkylation sites (N-methyl/N-ethyl adjacent to an activating group) is 1. The Hall–Kier alpha value is -0.0800. The van der Waals surface area contributed by atoms with Crippen molar-refractivity contribution >= 4 is 0 Å². The van der Waals surface area contributed by atoms with E-state index in [1.807, 2.05) is 0 Å². The first-order valence-electron chi connectivity index (χ1n) is 7.21. The van der Waals surface area contributed by atoms with Crippen LogP contribution in [0.5, 0.6) is 0 Å². The molecule has 1 aliphatic rings. The Morgan fingerprint density at radius 1 is 1.12 bits per heavy atom. The van der Waals surface area contributed by atoms with Gasteiger partial charge >= 0.3 is 0 Å². The molecule has 0 aliphatic heterocycles. The molecule has 0 heterocycles. The van der Waals surface area contributed by atoms with Crippen molar-refractivity contribution < 1.29 is 0 Å². The van der Waals surface area contributed by atoms with Crippen molar-refractivity contribution in [1.29, 1.82) is 0 Å². The summed E-state index contributed by atoms with van der Waals surface area (Å²) in [6, 6.07) is 0.384. The Morgan fingerprint density at radius 3 is 2.12 bits per heavy atom.